The number of carbonyl (C=O) groups excluding carboxylic acids is 4. The molecule has 0 N–H and O–H groups in total. The van der Waals surface area contributed by atoms with Crippen molar-refractivity contribution in [2.75, 3.05) is 26.4 Å². The Bertz CT molecular complexity index is 738. The van der Waals surface area contributed by atoms with Crippen molar-refractivity contribution < 1.29 is 38.1 Å². The minimum absolute atomic E-state index is 0.0238. The zero-order chi connectivity index (χ0) is 33.9. The summed E-state index contributed by atoms with van der Waals surface area (Å²) in [6, 6.07) is 0. The minimum atomic E-state index is -0.843. The second-order valence-electron chi connectivity index (χ2n) is 12.9. The van der Waals surface area contributed by atoms with Crippen molar-refractivity contribution in [1.29, 1.82) is 0 Å². The summed E-state index contributed by atoms with van der Waals surface area (Å²) in [5, 5.41) is 0. The number of hydrogen-bond donors (Lipinski definition) is 0. The molecule has 46 heavy (non-hydrogen) atoms. The fraction of sp³-hybridized carbons (Fsp3) is 0.895. The highest BCUT2D eigenvalue weighted by molar-refractivity contribution is 5.75. The molecule has 0 aliphatic carbocycles. The van der Waals surface area contributed by atoms with Crippen LogP contribution in [-0.4, -0.2) is 56.2 Å². The Morgan fingerprint density at radius 3 is 1.20 bits per heavy atom. The largest absolute Gasteiger partial charge is 0.462 e. The molecule has 8 heteroatoms. The Balaban J connectivity index is 4.31. The van der Waals surface area contributed by atoms with Gasteiger partial charge in [0.05, 0.1) is 19.6 Å². The van der Waals surface area contributed by atoms with Gasteiger partial charge >= 0.3 is 17.9 Å². The molecule has 0 radical (unpaired) electrons. The number of esters is 3. The van der Waals surface area contributed by atoms with Crippen molar-refractivity contribution in [3.05, 3.63) is 0 Å². The van der Waals surface area contributed by atoms with E-state index < -0.39 is 12.1 Å². The summed E-state index contributed by atoms with van der Waals surface area (Å²) in [6.07, 6.45) is 26.5. The second kappa shape index (κ2) is 34.4. The fourth-order valence-corrected chi connectivity index (χ4v) is 5.22. The number of rotatable bonds is 35. The quantitative estimate of drug-likeness (QED) is 0.0378. The van der Waals surface area contributed by atoms with Gasteiger partial charge in [-0.15, -0.1) is 0 Å². The summed E-state index contributed by atoms with van der Waals surface area (Å²) in [6.45, 7) is 6.05. The van der Waals surface area contributed by atoms with Crippen LogP contribution in [0.15, 0.2) is 0 Å². The molecule has 1 atom stereocenters. The topological polar surface area (TPSA) is 105 Å². The Hall–Kier alpha value is -1.96. The van der Waals surface area contributed by atoms with Crippen LogP contribution in [0.3, 0.4) is 0 Å². The van der Waals surface area contributed by atoms with Crippen LogP contribution in [0.2, 0.25) is 0 Å². The normalized spacial score (nSPS) is 11.7. The maximum absolute atomic E-state index is 12.5. The molecule has 0 aromatic heterocycles. The molecule has 8 nitrogen and oxygen atoms in total. The molecule has 0 rings (SSSR count). The van der Waals surface area contributed by atoms with Crippen LogP contribution in [-0.2, 0) is 38.1 Å². The minimum Gasteiger partial charge on any atom is -0.462 e. The van der Waals surface area contributed by atoms with Gasteiger partial charge in [-0.2, -0.15) is 0 Å². The lowest BCUT2D eigenvalue weighted by Crippen LogP contribution is -2.31. The van der Waals surface area contributed by atoms with Gasteiger partial charge in [-0.05, 0) is 19.8 Å². The van der Waals surface area contributed by atoms with Crippen LogP contribution in [0.25, 0.3) is 0 Å². The third-order valence-corrected chi connectivity index (χ3v) is 8.18. The van der Waals surface area contributed by atoms with E-state index in [1.165, 1.54) is 110 Å². The van der Waals surface area contributed by atoms with Gasteiger partial charge in [0.1, 0.15) is 19.0 Å². The predicted octanol–water partition coefficient (Wildman–Crippen LogP) is 9.77. The van der Waals surface area contributed by atoms with Crippen molar-refractivity contribution in [2.45, 2.75) is 194 Å². The molecule has 0 spiro atoms. The molecule has 0 bridgehead atoms. The van der Waals surface area contributed by atoms with E-state index in [2.05, 4.69) is 13.8 Å². The van der Waals surface area contributed by atoms with Crippen LogP contribution < -0.4 is 0 Å². The summed E-state index contributed by atoms with van der Waals surface area (Å²) >= 11 is 0. The van der Waals surface area contributed by atoms with Crippen molar-refractivity contribution in [3.8, 4) is 0 Å². The molecule has 270 valence electrons. The summed E-state index contributed by atoms with van der Waals surface area (Å²) in [5.74, 6) is -1.17. The van der Waals surface area contributed by atoms with Gasteiger partial charge in [-0.1, -0.05) is 142 Å². The average molecular weight is 655 g/mol. The van der Waals surface area contributed by atoms with Gasteiger partial charge < -0.3 is 18.9 Å². The predicted molar refractivity (Wildman–Crippen MR) is 185 cm³/mol. The highest BCUT2D eigenvalue weighted by Crippen LogP contribution is 2.14. The van der Waals surface area contributed by atoms with Gasteiger partial charge in [0.2, 0.25) is 0 Å². The van der Waals surface area contributed by atoms with E-state index in [1.807, 2.05) is 0 Å². The molecule has 0 heterocycles. The number of ketones is 1. The maximum Gasteiger partial charge on any atom is 0.308 e. The summed E-state index contributed by atoms with van der Waals surface area (Å²) in [7, 11) is 0. The Labute approximate surface area is 281 Å². The molecular formula is C38H70O8. The first-order valence-corrected chi connectivity index (χ1v) is 19.0. The van der Waals surface area contributed by atoms with Crippen molar-refractivity contribution in [3.63, 3.8) is 0 Å². The molecule has 0 saturated heterocycles. The van der Waals surface area contributed by atoms with E-state index in [9.17, 15) is 19.2 Å². The van der Waals surface area contributed by atoms with E-state index >= 15 is 0 Å². The van der Waals surface area contributed by atoms with Crippen LogP contribution in [0.1, 0.15) is 188 Å². The summed E-state index contributed by atoms with van der Waals surface area (Å²) < 4.78 is 21.6. The smallest absolute Gasteiger partial charge is 0.308 e. The van der Waals surface area contributed by atoms with Crippen LogP contribution in [0, 0.1) is 0 Å². The Morgan fingerprint density at radius 1 is 0.435 bits per heavy atom. The van der Waals surface area contributed by atoms with Gasteiger partial charge in [0.15, 0.2) is 6.10 Å². The zero-order valence-corrected chi connectivity index (χ0v) is 30.1. The SMILES string of the molecule is CCCCCCCCCCCCCC(=O)OC[C@@H](COC(=O)CCOCCC(C)=O)OC(=O)CCCCCCCCCCCCC. The Morgan fingerprint density at radius 2 is 0.783 bits per heavy atom. The third-order valence-electron chi connectivity index (χ3n) is 8.18. The number of unbranched alkanes of at least 4 members (excludes halogenated alkanes) is 20. The van der Waals surface area contributed by atoms with Gasteiger partial charge in [0.25, 0.3) is 0 Å². The number of hydrogen-bond acceptors (Lipinski definition) is 8. The third kappa shape index (κ3) is 33.4. The lowest BCUT2D eigenvalue weighted by molar-refractivity contribution is -0.167. The molecule has 0 unspecified atom stereocenters. The molecule has 0 aromatic carbocycles. The van der Waals surface area contributed by atoms with E-state index in [0.29, 0.717) is 12.8 Å². The summed E-state index contributed by atoms with van der Waals surface area (Å²) in [5.41, 5.74) is 0. The standard InChI is InChI=1S/C38H70O8/c1-4-6-8-10-12-14-16-18-20-22-24-26-36(40)44-32-35(33-45-37(41)29-31-43-30-28-34(3)39)46-38(42)27-25-23-21-19-17-15-13-11-9-7-5-2/h35H,4-33H2,1-3H3/t35-/m0/s1. The average Bonchev–Trinajstić information content (AvgIpc) is 3.03. The zero-order valence-electron chi connectivity index (χ0n) is 30.1. The Kier molecular flexibility index (Phi) is 32.9. The van der Waals surface area contributed by atoms with Crippen LogP contribution in [0.5, 0.6) is 0 Å². The molecule has 0 aromatic rings. The van der Waals surface area contributed by atoms with Gasteiger partial charge in [-0.3, -0.25) is 19.2 Å². The van der Waals surface area contributed by atoms with E-state index in [1.54, 1.807) is 0 Å². The fourth-order valence-electron chi connectivity index (χ4n) is 5.22. The van der Waals surface area contributed by atoms with E-state index in [-0.39, 0.29) is 57.0 Å². The maximum atomic E-state index is 12.5. The lowest BCUT2D eigenvalue weighted by Gasteiger charge is -2.18. The lowest BCUT2D eigenvalue weighted by atomic mass is 10.1. The molecule has 0 saturated carbocycles. The second-order valence-corrected chi connectivity index (χ2v) is 12.9. The first-order chi connectivity index (χ1) is 22.4. The molecule has 0 aliphatic heterocycles. The first-order valence-electron chi connectivity index (χ1n) is 19.0. The van der Waals surface area contributed by atoms with Crippen molar-refractivity contribution >= 4 is 23.7 Å². The van der Waals surface area contributed by atoms with Gasteiger partial charge in [-0.25, -0.2) is 0 Å². The number of carbonyl (C=O) groups is 4. The molecule has 0 fully saturated rings. The van der Waals surface area contributed by atoms with Crippen molar-refractivity contribution in [2.24, 2.45) is 0 Å². The van der Waals surface area contributed by atoms with Crippen molar-refractivity contribution in [1.82, 2.24) is 0 Å². The molecule has 0 amide bonds. The number of Topliss-reactive ketones (excluding diaryl/α,β-unsaturated/α-hetero) is 1. The molecular weight excluding hydrogens is 584 g/mol. The number of ether oxygens (including phenoxy) is 4. The van der Waals surface area contributed by atoms with E-state index in [0.717, 1.165) is 38.5 Å². The first kappa shape index (κ1) is 44.0. The van der Waals surface area contributed by atoms with Crippen LogP contribution in [0.4, 0.5) is 0 Å². The highest BCUT2D eigenvalue weighted by Gasteiger charge is 2.19. The summed E-state index contributed by atoms with van der Waals surface area (Å²) in [4.78, 5) is 48.1. The van der Waals surface area contributed by atoms with E-state index in [4.69, 9.17) is 18.9 Å². The molecule has 0 aliphatic rings. The monoisotopic (exact) mass is 655 g/mol. The van der Waals surface area contributed by atoms with Gasteiger partial charge in [0, 0.05) is 19.3 Å². The van der Waals surface area contributed by atoms with Crippen LogP contribution >= 0.6 is 0 Å². The highest BCUT2D eigenvalue weighted by atomic mass is 16.6.